The summed E-state index contributed by atoms with van der Waals surface area (Å²) in [5, 5.41) is 4.58. The molecule has 3 amide bonds. The zero-order valence-electron chi connectivity index (χ0n) is 23.5. The number of hydrogen-bond acceptors (Lipinski definition) is 10. The standard InChI is InChI=1S/C29H34N4O6S2/c1-19-26(30-33(29(36)41-19)28(35)39-14-11-31-12-15-40-16-13-31)21-6-8-23-20(17-21)5-4-10-32(23)27(34)22-7-9-24(37-2)25(18-22)38-3/h6-9,17-19H,4-5,10-16H2,1-3H3. The Bertz CT molecular complexity index is 1350. The molecule has 218 valence electrons. The Hall–Kier alpha value is -3.22. The number of amides is 3. The van der Waals surface area contributed by atoms with Gasteiger partial charge in [0.1, 0.15) is 6.61 Å². The van der Waals surface area contributed by atoms with Gasteiger partial charge in [0.05, 0.1) is 25.2 Å². The van der Waals surface area contributed by atoms with Gasteiger partial charge in [-0.3, -0.25) is 14.5 Å². The Balaban J connectivity index is 1.33. The van der Waals surface area contributed by atoms with Crippen LogP contribution >= 0.6 is 23.5 Å². The number of benzene rings is 2. The van der Waals surface area contributed by atoms with E-state index in [1.807, 2.05) is 36.9 Å². The number of ether oxygens (including phenoxy) is 3. The van der Waals surface area contributed by atoms with Crippen LogP contribution < -0.4 is 14.4 Å². The van der Waals surface area contributed by atoms with Crippen LogP contribution in [0.1, 0.15) is 34.8 Å². The summed E-state index contributed by atoms with van der Waals surface area (Å²) in [7, 11) is 3.10. The first kappa shape index (κ1) is 29.3. The number of carbonyl (C=O) groups excluding carboxylic acids is 3. The first-order chi connectivity index (χ1) is 19.9. The van der Waals surface area contributed by atoms with E-state index in [2.05, 4.69) is 10.0 Å². The second-order valence-electron chi connectivity index (χ2n) is 9.87. The third-order valence-corrected chi connectivity index (χ3v) is 9.22. The number of rotatable bonds is 7. The molecule has 10 nitrogen and oxygen atoms in total. The number of anilines is 1. The fraction of sp³-hybridized carbons (Fsp3) is 0.448. The zero-order chi connectivity index (χ0) is 28.9. The van der Waals surface area contributed by atoms with E-state index in [0.29, 0.717) is 35.9 Å². The lowest BCUT2D eigenvalue weighted by Crippen LogP contribution is -2.40. The van der Waals surface area contributed by atoms with E-state index in [-0.39, 0.29) is 17.8 Å². The number of nitrogens with zero attached hydrogens (tertiary/aromatic N) is 4. The topological polar surface area (TPSA) is 101 Å². The summed E-state index contributed by atoms with van der Waals surface area (Å²) < 4.78 is 16.1. The van der Waals surface area contributed by atoms with Crippen molar-refractivity contribution in [1.82, 2.24) is 9.91 Å². The summed E-state index contributed by atoms with van der Waals surface area (Å²) in [6.45, 7) is 5.27. The van der Waals surface area contributed by atoms with Crippen LogP contribution in [-0.4, -0.2) is 96.6 Å². The molecule has 2 aromatic rings. The highest BCUT2D eigenvalue weighted by Crippen LogP contribution is 2.34. The van der Waals surface area contributed by atoms with Crippen molar-refractivity contribution in [3.8, 4) is 11.5 Å². The predicted molar refractivity (Wildman–Crippen MR) is 162 cm³/mol. The predicted octanol–water partition coefficient (Wildman–Crippen LogP) is 4.74. The minimum atomic E-state index is -0.761. The van der Waals surface area contributed by atoms with Gasteiger partial charge in [0.15, 0.2) is 11.5 Å². The number of fused-ring (bicyclic) bond motifs is 1. The number of methoxy groups -OCH3 is 2. The number of hydrazone groups is 1. The Morgan fingerprint density at radius 2 is 1.80 bits per heavy atom. The van der Waals surface area contributed by atoms with Gasteiger partial charge in [-0.2, -0.15) is 16.9 Å². The molecule has 1 unspecified atom stereocenters. The largest absolute Gasteiger partial charge is 0.493 e. The molecule has 1 saturated heterocycles. The van der Waals surface area contributed by atoms with Crippen LogP contribution in [0.4, 0.5) is 15.3 Å². The molecular weight excluding hydrogens is 564 g/mol. The number of thioether (sulfide) groups is 2. The molecule has 0 aliphatic carbocycles. The molecule has 3 aliphatic heterocycles. The minimum Gasteiger partial charge on any atom is -0.493 e. The fourth-order valence-corrected chi connectivity index (χ4v) is 6.93. The van der Waals surface area contributed by atoms with Crippen LogP contribution in [0.25, 0.3) is 0 Å². The molecule has 1 fully saturated rings. The van der Waals surface area contributed by atoms with Crippen molar-refractivity contribution in [3.05, 3.63) is 53.1 Å². The van der Waals surface area contributed by atoms with Crippen LogP contribution in [0.5, 0.6) is 11.5 Å². The molecule has 3 heterocycles. The van der Waals surface area contributed by atoms with E-state index < -0.39 is 11.3 Å². The minimum absolute atomic E-state index is 0.124. The Labute approximate surface area is 248 Å². The smallest absolute Gasteiger partial charge is 0.438 e. The van der Waals surface area contributed by atoms with Gasteiger partial charge < -0.3 is 19.1 Å². The van der Waals surface area contributed by atoms with Gasteiger partial charge in [-0.05, 0) is 61.2 Å². The van der Waals surface area contributed by atoms with E-state index in [1.54, 1.807) is 37.3 Å². The van der Waals surface area contributed by atoms with Gasteiger partial charge >= 0.3 is 11.3 Å². The molecule has 0 radical (unpaired) electrons. The molecule has 0 aromatic heterocycles. The second-order valence-corrected chi connectivity index (χ2v) is 12.4. The van der Waals surface area contributed by atoms with Crippen molar-refractivity contribution in [2.45, 2.75) is 25.0 Å². The number of imide groups is 1. The summed E-state index contributed by atoms with van der Waals surface area (Å²) in [5.74, 6) is 3.08. The summed E-state index contributed by atoms with van der Waals surface area (Å²) >= 11 is 2.96. The maximum atomic E-state index is 13.5. The van der Waals surface area contributed by atoms with Crippen LogP contribution in [-0.2, 0) is 11.2 Å². The molecule has 0 N–H and O–H groups in total. The van der Waals surface area contributed by atoms with Crippen molar-refractivity contribution < 1.29 is 28.6 Å². The molecule has 5 rings (SSSR count). The maximum Gasteiger partial charge on any atom is 0.438 e. The molecule has 0 spiro atoms. The first-order valence-corrected chi connectivity index (χ1v) is 15.7. The van der Waals surface area contributed by atoms with Gasteiger partial charge in [0, 0.05) is 48.9 Å². The molecule has 12 heteroatoms. The molecule has 0 bridgehead atoms. The highest BCUT2D eigenvalue weighted by atomic mass is 32.2. The normalized spacial score (nSPS) is 19.3. The summed E-state index contributed by atoms with van der Waals surface area (Å²) in [4.78, 5) is 43.0. The Morgan fingerprint density at radius 1 is 1.02 bits per heavy atom. The monoisotopic (exact) mass is 598 g/mol. The average molecular weight is 599 g/mol. The Kier molecular flexibility index (Phi) is 9.41. The lowest BCUT2D eigenvalue weighted by molar-refractivity contribution is 0.0983. The highest BCUT2D eigenvalue weighted by Gasteiger charge is 2.34. The van der Waals surface area contributed by atoms with Crippen LogP contribution in [0.3, 0.4) is 0 Å². The molecule has 1 atom stereocenters. The van der Waals surface area contributed by atoms with Gasteiger partial charge in [-0.15, -0.1) is 5.01 Å². The van der Waals surface area contributed by atoms with E-state index >= 15 is 0 Å². The van der Waals surface area contributed by atoms with Crippen molar-refractivity contribution >= 4 is 52.2 Å². The summed E-state index contributed by atoms with van der Waals surface area (Å²) in [5.41, 5.74) is 3.77. The Morgan fingerprint density at radius 3 is 2.56 bits per heavy atom. The van der Waals surface area contributed by atoms with E-state index in [4.69, 9.17) is 14.2 Å². The first-order valence-electron chi connectivity index (χ1n) is 13.6. The average Bonchev–Trinajstić information content (AvgIpc) is 3.00. The zero-order valence-corrected chi connectivity index (χ0v) is 25.1. The van der Waals surface area contributed by atoms with Crippen LogP contribution in [0.15, 0.2) is 41.5 Å². The van der Waals surface area contributed by atoms with Crippen LogP contribution in [0.2, 0.25) is 0 Å². The number of carbonyl (C=O) groups is 3. The quantitative estimate of drug-likeness (QED) is 0.447. The lowest BCUT2D eigenvalue weighted by Gasteiger charge is -2.31. The summed E-state index contributed by atoms with van der Waals surface area (Å²) in [6, 6.07) is 11.0. The van der Waals surface area contributed by atoms with Gasteiger partial charge in [-0.25, -0.2) is 4.79 Å². The van der Waals surface area contributed by atoms with Gasteiger partial charge in [0.2, 0.25) is 0 Å². The van der Waals surface area contributed by atoms with Crippen molar-refractivity contribution in [2.75, 3.05) is 63.4 Å². The fourth-order valence-electron chi connectivity index (χ4n) is 5.14. The van der Waals surface area contributed by atoms with Crippen molar-refractivity contribution in [1.29, 1.82) is 0 Å². The number of hydrogen-bond donors (Lipinski definition) is 0. The summed E-state index contributed by atoms with van der Waals surface area (Å²) in [6.07, 6.45) is 0.842. The SMILES string of the molecule is COc1ccc(C(=O)N2CCCc3cc(C4=NN(C(=O)OCCN5CCSCC5)C(=O)SC4C)ccc32)cc1OC. The highest BCUT2D eigenvalue weighted by molar-refractivity contribution is 8.14. The van der Waals surface area contributed by atoms with E-state index in [1.165, 1.54) is 0 Å². The molecular formula is C29H34N4O6S2. The molecule has 41 heavy (non-hydrogen) atoms. The molecule has 3 aliphatic rings. The van der Waals surface area contributed by atoms with Crippen LogP contribution in [0, 0.1) is 0 Å². The number of aryl methyl sites for hydroxylation is 1. The van der Waals surface area contributed by atoms with E-state index in [9.17, 15) is 14.4 Å². The second kappa shape index (κ2) is 13.2. The third-order valence-electron chi connectivity index (χ3n) is 7.32. The molecule has 2 aromatic carbocycles. The van der Waals surface area contributed by atoms with Gasteiger partial charge in [0.25, 0.3) is 5.91 Å². The van der Waals surface area contributed by atoms with Gasteiger partial charge in [-0.1, -0.05) is 17.8 Å². The molecule has 0 saturated carbocycles. The van der Waals surface area contributed by atoms with Crippen molar-refractivity contribution in [3.63, 3.8) is 0 Å². The lowest BCUT2D eigenvalue weighted by atomic mass is 9.96. The van der Waals surface area contributed by atoms with Crippen molar-refractivity contribution in [2.24, 2.45) is 5.10 Å². The maximum absolute atomic E-state index is 13.5. The third kappa shape index (κ3) is 6.49. The van der Waals surface area contributed by atoms with E-state index in [0.717, 1.165) is 71.0 Å².